The van der Waals surface area contributed by atoms with Crippen molar-refractivity contribution in [3.63, 3.8) is 0 Å². The molecule has 0 saturated heterocycles. The number of aliphatic hydroxyl groups excluding tert-OH is 2. The molecule has 2 N–H and O–H groups in total. The molecular weight excluding hydrogens is 514 g/mol. The SMILES string of the molecule is CC(CO)(COCCCOCC(C)(CO)COCC(F)(F)C(F)(F)F)COCC(F)(F)C(F)(F)F. The Kier molecular flexibility index (Phi) is 13.2. The molecule has 0 aromatic carbocycles. The minimum absolute atomic E-state index is 0.00154. The topological polar surface area (TPSA) is 77.4 Å². The zero-order valence-electron chi connectivity index (χ0n) is 19.1. The second-order valence-electron chi connectivity index (χ2n) is 8.79. The smallest absolute Gasteiger partial charge is 0.396 e. The molecule has 0 radical (unpaired) electrons. The zero-order chi connectivity index (χ0) is 27.6. The molecule has 0 heterocycles. The molecular formula is C19H30F10O6. The molecule has 16 heteroatoms. The van der Waals surface area contributed by atoms with Gasteiger partial charge in [-0.15, -0.1) is 0 Å². The molecule has 0 bridgehead atoms. The summed E-state index contributed by atoms with van der Waals surface area (Å²) in [6, 6.07) is 0. The molecule has 2 unspecified atom stereocenters. The Morgan fingerprint density at radius 2 is 0.771 bits per heavy atom. The Labute approximate surface area is 195 Å². The first-order valence-corrected chi connectivity index (χ1v) is 10.2. The van der Waals surface area contributed by atoms with E-state index in [9.17, 15) is 54.1 Å². The van der Waals surface area contributed by atoms with Crippen LogP contribution in [0.3, 0.4) is 0 Å². The van der Waals surface area contributed by atoms with E-state index < -0.39 is 74.7 Å². The van der Waals surface area contributed by atoms with Crippen LogP contribution in [-0.2, 0) is 18.9 Å². The molecule has 0 aromatic rings. The lowest BCUT2D eigenvalue weighted by Crippen LogP contribution is -2.42. The minimum atomic E-state index is -5.77. The standard InChI is InChI=1S/C19H30F10O6/c1-14(6-30,10-34-12-16(20,21)18(24,25)26)8-32-4-3-5-33-9-15(2,7-31)11-35-13-17(22,23)19(27,28)29/h30-31H,3-13H2,1-2H3. The predicted molar refractivity (Wildman–Crippen MR) is 100 cm³/mol. The van der Waals surface area contributed by atoms with E-state index in [1.165, 1.54) is 13.8 Å². The predicted octanol–water partition coefficient (Wildman–Crippen LogP) is 3.84. The maximum absolute atomic E-state index is 12.9. The van der Waals surface area contributed by atoms with Crippen LogP contribution in [-0.4, -0.2) is 100 Å². The summed E-state index contributed by atoms with van der Waals surface area (Å²) < 4.78 is 143. The van der Waals surface area contributed by atoms with Gasteiger partial charge in [-0.25, -0.2) is 0 Å². The maximum Gasteiger partial charge on any atom is 0.455 e. The van der Waals surface area contributed by atoms with E-state index in [0.29, 0.717) is 0 Å². The lowest BCUT2D eigenvalue weighted by Gasteiger charge is -2.29. The first-order chi connectivity index (χ1) is 15.7. The van der Waals surface area contributed by atoms with Crippen LogP contribution in [0, 0.1) is 10.8 Å². The molecule has 35 heavy (non-hydrogen) atoms. The monoisotopic (exact) mass is 544 g/mol. The van der Waals surface area contributed by atoms with Crippen molar-refractivity contribution in [1.82, 2.24) is 0 Å². The highest BCUT2D eigenvalue weighted by Gasteiger charge is 2.58. The third-order valence-corrected chi connectivity index (χ3v) is 4.54. The van der Waals surface area contributed by atoms with E-state index in [-0.39, 0.29) is 32.8 Å². The molecule has 0 aliphatic carbocycles. The van der Waals surface area contributed by atoms with Crippen molar-refractivity contribution in [2.45, 2.75) is 44.5 Å². The Balaban J connectivity index is 4.25. The number of rotatable bonds is 18. The van der Waals surface area contributed by atoms with Gasteiger partial charge < -0.3 is 29.2 Å². The van der Waals surface area contributed by atoms with Crippen molar-refractivity contribution in [3.05, 3.63) is 0 Å². The fourth-order valence-electron chi connectivity index (χ4n) is 2.18. The number of ether oxygens (including phenoxy) is 4. The van der Waals surface area contributed by atoms with Crippen LogP contribution in [0.2, 0.25) is 0 Å². The lowest BCUT2D eigenvalue weighted by molar-refractivity contribution is -0.298. The number of halogens is 10. The first-order valence-electron chi connectivity index (χ1n) is 10.2. The number of alkyl halides is 10. The average Bonchev–Trinajstić information content (AvgIpc) is 2.71. The van der Waals surface area contributed by atoms with Crippen molar-refractivity contribution < 1.29 is 73.1 Å². The molecule has 6 nitrogen and oxygen atoms in total. The summed E-state index contributed by atoms with van der Waals surface area (Å²) in [5, 5.41) is 18.7. The molecule has 0 amide bonds. The first kappa shape index (κ1) is 34.1. The van der Waals surface area contributed by atoms with Crippen LogP contribution in [0.1, 0.15) is 20.3 Å². The van der Waals surface area contributed by atoms with Crippen LogP contribution in [0.4, 0.5) is 43.9 Å². The second kappa shape index (κ2) is 13.6. The van der Waals surface area contributed by atoms with E-state index in [1.54, 1.807) is 0 Å². The van der Waals surface area contributed by atoms with Gasteiger partial charge in [0.1, 0.15) is 13.2 Å². The Morgan fingerprint density at radius 3 is 1.03 bits per heavy atom. The summed E-state index contributed by atoms with van der Waals surface area (Å²) in [6.07, 6.45) is -11.3. The van der Waals surface area contributed by atoms with Gasteiger partial charge in [0.15, 0.2) is 0 Å². The van der Waals surface area contributed by atoms with Crippen molar-refractivity contribution in [3.8, 4) is 0 Å². The summed E-state index contributed by atoms with van der Waals surface area (Å²) >= 11 is 0. The summed E-state index contributed by atoms with van der Waals surface area (Å²) in [5.41, 5.74) is -2.54. The van der Waals surface area contributed by atoms with Gasteiger partial charge in [0.25, 0.3) is 0 Å². The highest BCUT2D eigenvalue weighted by atomic mass is 19.4. The summed E-state index contributed by atoms with van der Waals surface area (Å²) in [6.45, 7) is -4.23. The number of hydrogen-bond donors (Lipinski definition) is 2. The van der Waals surface area contributed by atoms with E-state index in [2.05, 4.69) is 9.47 Å². The van der Waals surface area contributed by atoms with Crippen molar-refractivity contribution in [1.29, 1.82) is 0 Å². The Bertz CT molecular complexity index is 552. The van der Waals surface area contributed by atoms with Crippen molar-refractivity contribution in [2.24, 2.45) is 10.8 Å². The number of hydrogen-bond acceptors (Lipinski definition) is 6. The van der Waals surface area contributed by atoms with Gasteiger partial charge in [-0.05, 0) is 6.42 Å². The summed E-state index contributed by atoms with van der Waals surface area (Å²) in [4.78, 5) is 0. The molecule has 0 spiro atoms. The van der Waals surface area contributed by atoms with Crippen molar-refractivity contribution in [2.75, 3.05) is 66.1 Å². The van der Waals surface area contributed by atoms with E-state index in [1.807, 2.05) is 0 Å². The zero-order valence-corrected chi connectivity index (χ0v) is 19.1. The molecule has 0 aliphatic rings. The minimum Gasteiger partial charge on any atom is -0.396 e. The van der Waals surface area contributed by atoms with Gasteiger partial charge in [-0.1, -0.05) is 13.8 Å². The molecule has 0 fully saturated rings. The Morgan fingerprint density at radius 1 is 0.486 bits per heavy atom. The molecule has 0 aliphatic heterocycles. The fraction of sp³-hybridized carbons (Fsp3) is 1.00. The molecule has 0 saturated carbocycles. The molecule has 2 atom stereocenters. The van der Waals surface area contributed by atoms with Gasteiger partial charge in [-0.2, -0.15) is 43.9 Å². The third-order valence-electron chi connectivity index (χ3n) is 4.54. The van der Waals surface area contributed by atoms with E-state index in [0.717, 1.165) is 0 Å². The second-order valence-corrected chi connectivity index (χ2v) is 8.79. The Hall–Kier alpha value is -0.940. The van der Waals surface area contributed by atoms with Gasteiger partial charge in [-0.3, -0.25) is 0 Å². The van der Waals surface area contributed by atoms with Crippen LogP contribution < -0.4 is 0 Å². The summed E-state index contributed by atoms with van der Waals surface area (Å²) in [5.74, 6) is -10.1. The molecule has 0 aromatic heterocycles. The van der Waals surface area contributed by atoms with E-state index in [4.69, 9.17) is 9.47 Å². The van der Waals surface area contributed by atoms with Crippen LogP contribution in [0.15, 0.2) is 0 Å². The van der Waals surface area contributed by atoms with E-state index >= 15 is 0 Å². The van der Waals surface area contributed by atoms with Gasteiger partial charge >= 0.3 is 24.2 Å². The van der Waals surface area contributed by atoms with Gasteiger partial charge in [0.05, 0.1) is 39.6 Å². The average molecular weight is 544 g/mol. The largest absolute Gasteiger partial charge is 0.455 e. The number of aliphatic hydroxyl groups is 2. The molecule has 212 valence electrons. The van der Waals surface area contributed by atoms with Crippen LogP contribution in [0.25, 0.3) is 0 Å². The lowest BCUT2D eigenvalue weighted by atomic mass is 9.94. The highest BCUT2D eigenvalue weighted by Crippen LogP contribution is 2.36. The highest BCUT2D eigenvalue weighted by molar-refractivity contribution is 4.78. The van der Waals surface area contributed by atoms with Gasteiger partial charge in [0, 0.05) is 24.0 Å². The van der Waals surface area contributed by atoms with Crippen LogP contribution in [0.5, 0.6) is 0 Å². The summed E-state index contributed by atoms with van der Waals surface area (Å²) in [7, 11) is 0. The maximum atomic E-state index is 12.9. The molecule has 0 rings (SSSR count). The van der Waals surface area contributed by atoms with Crippen molar-refractivity contribution >= 4 is 0 Å². The van der Waals surface area contributed by atoms with Crippen LogP contribution >= 0.6 is 0 Å². The fourth-order valence-corrected chi connectivity index (χ4v) is 2.18. The normalized spacial score (nSPS) is 17.3. The van der Waals surface area contributed by atoms with Gasteiger partial charge in [0.2, 0.25) is 0 Å². The quantitative estimate of drug-likeness (QED) is 0.202. The third kappa shape index (κ3) is 12.2.